The maximum absolute atomic E-state index is 12.0. The van der Waals surface area contributed by atoms with Crippen LogP contribution in [0.1, 0.15) is 36.8 Å². The average Bonchev–Trinajstić information content (AvgIpc) is 2.81. The van der Waals surface area contributed by atoms with Crippen molar-refractivity contribution in [1.82, 2.24) is 0 Å². The van der Waals surface area contributed by atoms with Crippen molar-refractivity contribution in [1.29, 1.82) is 0 Å². The summed E-state index contributed by atoms with van der Waals surface area (Å²) in [4.78, 5) is 12.0. The molecule has 0 amide bonds. The lowest BCUT2D eigenvalue weighted by molar-refractivity contribution is -0.288. The summed E-state index contributed by atoms with van der Waals surface area (Å²) in [5, 5.41) is 0. The van der Waals surface area contributed by atoms with Crippen LogP contribution in [0, 0.1) is 0 Å². The van der Waals surface area contributed by atoms with Crippen molar-refractivity contribution in [3.8, 4) is 0 Å². The van der Waals surface area contributed by atoms with Gasteiger partial charge in [-0.25, -0.2) is 0 Å². The minimum atomic E-state index is -0.974. The van der Waals surface area contributed by atoms with E-state index in [0.717, 1.165) is 11.1 Å². The Kier molecular flexibility index (Phi) is 8.07. The van der Waals surface area contributed by atoms with Crippen LogP contribution in [0.15, 0.2) is 73.0 Å². The molecule has 2 aromatic rings. The predicted octanol–water partition coefficient (Wildman–Crippen LogP) is 4.53. The smallest absolute Gasteiger partial charge is 0.219 e. The third-order valence-electron chi connectivity index (χ3n) is 5.62. The fourth-order valence-corrected chi connectivity index (χ4v) is 4.07. The lowest BCUT2D eigenvalue weighted by atomic mass is 9.92. The highest BCUT2D eigenvalue weighted by Crippen LogP contribution is 2.37. The van der Waals surface area contributed by atoms with Crippen molar-refractivity contribution >= 4 is 5.78 Å². The molecule has 6 nitrogen and oxygen atoms in total. The molecule has 32 heavy (non-hydrogen) atoms. The largest absolute Gasteiger partial charge is 0.469 e. The second-order valence-corrected chi connectivity index (χ2v) is 8.22. The maximum Gasteiger partial charge on any atom is 0.219 e. The van der Waals surface area contributed by atoms with E-state index in [1.54, 1.807) is 0 Å². The first-order valence-electron chi connectivity index (χ1n) is 11.1. The summed E-state index contributed by atoms with van der Waals surface area (Å²) < 4.78 is 29.6. The zero-order chi connectivity index (χ0) is 22.1. The Bertz CT molecular complexity index is 811. The van der Waals surface area contributed by atoms with Gasteiger partial charge in [-0.2, -0.15) is 0 Å². The normalized spacial score (nSPS) is 25.1. The van der Waals surface area contributed by atoms with Crippen molar-refractivity contribution in [3.63, 3.8) is 0 Å². The van der Waals surface area contributed by atoms with Crippen LogP contribution < -0.4 is 0 Å². The molecular weight excluding hydrogens is 408 g/mol. The Balaban J connectivity index is 1.27. The average molecular weight is 439 g/mol. The highest BCUT2D eigenvalue weighted by Gasteiger charge is 2.46. The van der Waals surface area contributed by atoms with E-state index in [0.29, 0.717) is 39.1 Å². The van der Waals surface area contributed by atoms with Crippen LogP contribution in [0.25, 0.3) is 0 Å². The third kappa shape index (κ3) is 6.74. The Morgan fingerprint density at radius 1 is 0.938 bits per heavy atom. The molecule has 0 aromatic heterocycles. The van der Waals surface area contributed by atoms with Crippen molar-refractivity contribution in [3.05, 3.63) is 84.1 Å². The molecule has 2 heterocycles. The van der Waals surface area contributed by atoms with Gasteiger partial charge in [0.1, 0.15) is 6.79 Å². The van der Waals surface area contributed by atoms with Gasteiger partial charge >= 0.3 is 0 Å². The van der Waals surface area contributed by atoms with Gasteiger partial charge in [0.05, 0.1) is 38.1 Å². The van der Waals surface area contributed by atoms with Gasteiger partial charge in [-0.3, -0.25) is 4.79 Å². The minimum Gasteiger partial charge on any atom is -0.469 e. The summed E-state index contributed by atoms with van der Waals surface area (Å²) in [5.74, 6) is -0.977. The fraction of sp³-hybridized carbons (Fsp3) is 0.423. The first kappa shape index (κ1) is 22.7. The molecule has 1 fully saturated rings. The summed E-state index contributed by atoms with van der Waals surface area (Å²) in [6.45, 7) is 1.78. The van der Waals surface area contributed by atoms with E-state index < -0.39 is 5.79 Å². The van der Waals surface area contributed by atoms with Gasteiger partial charge in [0.15, 0.2) is 5.78 Å². The molecule has 2 aliphatic heterocycles. The number of hydrogen-bond acceptors (Lipinski definition) is 6. The van der Waals surface area contributed by atoms with E-state index in [-0.39, 0.29) is 31.2 Å². The highest BCUT2D eigenvalue weighted by molar-refractivity contribution is 5.90. The summed E-state index contributed by atoms with van der Waals surface area (Å²) >= 11 is 0. The standard InChI is InChI=1S/C26H30O6/c27-23-11-14-31-26(16-23)17-25(30-20-29-19-22-9-5-2-6-10-22)15-24(32-26)12-13-28-18-21-7-3-1-4-8-21/h1-11,14,24-25H,12-13,15-20H2/t24-,25-,26+/m0/s1. The highest BCUT2D eigenvalue weighted by atomic mass is 16.7. The topological polar surface area (TPSA) is 63.2 Å². The number of rotatable bonds is 10. The van der Waals surface area contributed by atoms with Gasteiger partial charge < -0.3 is 23.7 Å². The van der Waals surface area contributed by atoms with Crippen molar-refractivity contribution in [2.24, 2.45) is 0 Å². The molecule has 1 saturated heterocycles. The van der Waals surface area contributed by atoms with Crippen LogP contribution in [0.2, 0.25) is 0 Å². The van der Waals surface area contributed by atoms with Crippen molar-refractivity contribution in [2.75, 3.05) is 13.4 Å². The SMILES string of the molecule is O=C1C=CO[C@@]2(C1)C[C@@H](OCOCc1ccccc1)C[C@H](CCOCc1ccccc1)O2. The van der Waals surface area contributed by atoms with Crippen LogP contribution in [0.4, 0.5) is 0 Å². The fourth-order valence-electron chi connectivity index (χ4n) is 4.07. The molecule has 6 heteroatoms. The van der Waals surface area contributed by atoms with E-state index >= 15 is 0 Å². The molecule has 0 radical (unpaired) electrons. The van der Waals surface area contributed by atoms with E-state index in [4.69, 9.17) is 23.7 Å². The summed E-state index contributed by atoms with van der Waals surface area (Å²) in [7, 11) is 0. The molecule has 0 unspecified atom stereocenters. The van der Waals surface area contributed by atoms with Gasteiger partial charge in [0.2, 0.25) is 5.79 Å². The zero-order valence-electron chi connectivity index (χ0n) is 18.2. The summed E-state index contributed by atoms with van der Waals surface area (Å²) in [5.41, 5.74) is 2.23. The minimum absolute atomic E-state index is 0.00342. The number of carbonyl (C=O) groups is 1. The van der Waals surface area contributed by atoms with Crippen LogP contribution in [0.5, 0.6) is 0 Å². The maximum atomic E-state index is 12.0. The zero-order valence-corrected chi connectivity index (χ0v) is 18.2. The second-order valence-electron chi connectivity index (χ2n) is 8.22. The van der Waals surface area contributed by atoms with Crippen LogP contribution in [0.3, 0.4) is 0 Å². The summed E-state index contributed by atoms with van der Waals surface area (Å²) in [6, 6.07) is 20.0. The van der Waals surface area contributed by atoms with Crippen LogP contribution >= 0.6 is 0 Å². The van der Waals surface area contributed by atoms with Crippen LogP contribution in [-0.2, 0) is 41.7 Å². The Morgan fingerprint density at radius 3 is 2.31 bits per heavy atom. The second kappa shape index (κ2) is 11.4. The van der Waals surface area contributed by atoms with Gasteiger partial charge in [0, 0.05) is 25.5 Å². The molecule has 170 valence electrons. The number of benzene rings is 2. The number of ketones is 1. The molecular formula is C26H30O6. The molecule has 0 N–H and O–H groups in total. The lowest BCUT2D eigenvalue weighted by Crippen LogP contribution is -2.50. The number of carbonyl (C=O) groups excluding carboxylic acids is 1. The lowest BCUT2D eigenvalue weighted by Gasteiger charge is -2.44. The van der Waals surface area contributed by atoms with Gasteiger partial charge in [-0.05, 0) is 17.5 Å². The van der Waals surface area contributed by atoms with E-state index in [2.05, 4.69) is 0 Å². The monoisotopic (exact) mass is 438 g/mol. The number of allylic oxidation sites excluding steroid dienone is 1. The van der Waals surface area contributed by atoms with E-state index in [1.165, 1.54) is 12.3 Å². The molecule has 4 rings (SSSR count). The van der Waals surface area contributed by atoms with Gasteiger partial charge in [-0.1, -0.05) is 60.7 Å². The quantitative estimate of drug-likeness (QED) is 0.401. The Labute approximate surface area is 189 Å². The Hall–Kier alpha value is -2.51. The molecule has 0 saturated carbocycles. The van der Waals surface area contributed by atoms with Gasteiger partial charge in [0.25, 0.3) is 0 Å². The number of hydrogen-bond donors (Lipinski definition) is 0. The predicted molar refractivity (Wildman–Crippen MR) is 118 cm³/mol. The summed E-state index contributed by atoms with van der Waals surface area (Å²) in [6.07, 6.45) is 4.70. The molecule has 3 atom stereocenters. The van der Waals surface area contributed by atoms with Crippen molar-refractivity contribution < 1.29 is 28.5 Å². The first-order chi connectivity index (χ1) is 15.7. The van der Waals surface area contributed by atoms with E-state index in [1.807, 2.05) is 60.7 Å². The third-order valence-corrected chi connectivity index (χ3v) is 5.62. The number of ether oxygens (including phenoxy) is 5. The Morgan fingerprint density at radius 2 is 1.62 bits per heavy atom. The molecule has 0 bridgehead atoms. The van der Waals surface area contributed by atoms with E-state index in [9.17, 15) is 4.79 Å². The van der Waals surface area contributed by atoms with Crippen molar-refractivity contribution in [2.45, 2.75) is 56.9 Å². The van der Waals surface area contributed by atoms with Crippen LogP contribution in [-0.4, -0.2) is 37.2 Å². The molecule has 2 aliphatic rings. The molecule has 0 aliphatic carbocycles. The van der Waals surface area contributed by atoms with Gasteiger partial charge in [-0.15, -0.1) is 0 Å². The first-order valence-corrected chi connectivity index (χ1v) is 11.1. The molecule has 2 aromatic carbocycles. The molecule has 1 spiro atoms.